The summed E-state index contributed by atoms with van der Waals surface area (Å²) in [6.07, 6.45) is 1.19. The number of nitrogens with one attached hydrogen (secondary N) is 1. The zero-order chi connectivity index (χ0) is 9.68. The van der Waals surface area contributed by atoms with E-state index in [0.717, 1.165) is 5.69 Å². The van der Waals surface area contributed by atoms with E-state index < -0.39 is 0 Å². The minimum atomic E-state index is 0.657. The lowest BCUT2D eigenvalue weighted by atomic mass is 9.99. The topological polar surface area (TPSA) is 12.0 Å². The summed E-state index contributed by atoms with van der Waals surface area (Å²) in [4.78, 5) is 0. The van der Waals surface area contributed by atoms with Crippen molar-refractivity contribution in [2.45, 2.75) is 26.2 Å². The van der Waals surface area contributed by atoms with Crippen molar-refractivity contribution in [1.82, 2.24) is 0 Å². The number of benzene rings is 1. The van der Waals surface area contributed by atoms with Gasteiger partial charge in [0.05, 0.1) is 5.88 Å². The van der Waals surface area contributed by atoms with Gasteiger partial charge in [0.1, 0.15) is 0 Å². The molecule has 72 valence electrons. The molecule has 0 aromatic heterocycles. The smallest absolute Gasteiger partial charge is 0.0581 e. The van der Waals surface area contributed by atoms with Crippen LogP contribution < -0.4 is 5.32 Å². The van der Waals surface area contributed by atoms with E-state index in [1.54, 1.807) is 0 Å². The summed E-state index contributed by atoms with van der Waals surface area (Å²) in [5, 5.41) is 3.16. The average Bonchev–Trinajstić information content (AvgIpc) is 2.18. The lowest BCUT2D eigenvalue weighted by Gasteiger charge is -2.09. The fraction of sp³-hybridized carbons (Fsp3) is 0.455. The van der Waals surface area contributed by atoms with Crippen LogP contribution in [0.1, 0.15) is 31.7 Å². The quantitative estimate of drug-likeness (QED) is 0.553. The maximum absolute atomic E-state index is 4.11. The standard InChI is InChI=1S/C11H17NS/c1-3-9(2)10-4-6-11(7-5-10)12-8-13/h4-7,9,12-13H,3,8H2,1-2H3. The van der Waals surface area contributed by atoms with Gasteiger partial charge in [0.25, 0.3) is 0 Å². The lowest BCUT2D eigenvalue weighted by Crippen LogP contribution is -1.95. The van der Waals surface area contributed by atoms with E-state index in [1.165, 1.54) is 12.0 Å². The summed E-state index contributed by atoms with van der Waals surface area (Å²) in [5.74, 6) is 1.34. The van der Waals surface area contributed by atoms with Gasteiger partial charge in [0.15, 0.2) is 0 Å². The second-order valence-electron chi connectivity index (χ2n) is 3.27. The predicted molar refractivity (Wildman–Crippen MR) is 62.6 cm³/mol. The molecule has 0 amide bonds. The molecule has 0 aliphatic carbocycles. The molecule has 1 nitrogen and oxygen atoms in total. The van der Waals surface area contributed by atoms with Gasteiger partial charge in [-0.3, -0.25) is 0 Å². The van der Waals surface area contributed by atoms with Crippen molar-refractivity contribution < 1.29 is 0 Å². The third-order valence-corrected chi connectivity index (χ3v) is 2.53. The maximum atomic E-state index is 4.11. The van der Waals surface area contributed by atoms with Crippen LogP contribution in [0, 0.1) is 0 Å². The molecule has 1 unspecified atom stereocenters. The number of anilines is 1. The van der Waals surface area contributed by atoms with Crippen molar-refractivity contribution >= 4 is 18.3 Å². The van der Waals surface area contributed by atoms with Crippen LogP contribution >= 0.6 is 12.6 Å². The Hall–Kier alpha value is -0.630. The van der Waals surface area contributed by atoms with Gasteiger partial charge in [-0.1, -0.05) is 26.0 Å². The van der Waals surface area contributed by atoms with Gasteiger partial charge in [0.2, 0.25) is 0 Å². The summed E-state index contributed by atoms with van der Waals surface area (Å²) in [5.41, 5.74) is 2.55. The molecule has 2 heteroatoms. The van der Waals surface area contributed by atoms with Crippen LogP contribution in [0.15, 0.2) is 24.3 Å². The first kappa shape index (κ1) is 10.5. The molecule has 1 aromatic rings. The molecule has 0 spiro atoms. The fourth-order valence-electron chi connectivity index (χ4n) is 1.26. The van der Waals surface area contributed by atoms with E-state index in [-0.39, 0.29) is 0 Å². The molecule has 0 aliphatic heterocycles. The summed E-state index contributed by atoms with van der Waals surface area (Å²) < 4.78 is 0. The molecule has 1 aromatic carbocycles. The second kappa shape index (κ2) is 5.18. The van der Waals surface area contributed by atoms with Crippen LogP contribution in [0.3, 0.4) is 0 Å². The van der Waals surface area contributed by atoms with E-state index in [4.69, 9.17) is 0 Å². The maximum Gasteiger partial charge on any atom is 0.0581 e. The molecule has 0 saturated carbocycles. The van der Waals surface area contributed by atoms with Crippen molar-refractivity contribution in [3.63, 3.8) is 0 Å². The third-order valence-electron chi connectivity index (χ3n) is 2.38. The molecule has 1 atom stereocenters. The Kier molecular flexibility index (Phi) is 4.16. The highest BCUT2D eigenvalue weighted by Crippen LogP contribution is 2.20. The normalized spacial score (nSPS) is 12.5. The van der Waals surface area contributed by atoms with Gasteiger partial charge < -0.3 is 5.32 Å². The summed E-state index contributed by atoms with van der Waals surface area (Å²) >= 11 is 4.11. The Labute approximate surface area is 86.0 Å². The fourth-order valence-corrected chi connectivity index (χ4v) is 1.44. The Balaban J connectivity index is 2.69. The predicted octanol–water partition coefficient (Wildman–Crippen LogP) is 3.50. The Morgan fingerprint density at radius 1 is 1.31 bits per heavy atom. The van der Waals surface area contributed by atoms with Crippen LogP contribution in [0.25, 0.3) is 0 Å². The molecule has 0 aliphatic rings. The van der Waals surface area contributed by atoms with Crippen molar-refractivity contribution in [2.24, 2.45) is 0 Å². The molecule has 0 heterocycles. The third kappa shape index (κ3) is 2.96. The summed E-state index contributed by atoms with van der Waals surface area (Å²) in [6, 6.07) is 8.58. The second-order valence-corrected chi connectivity index (χ2v) is 3.58. The molecule has 0 saturated heterocycles. The molecular weight excluding hydrogens is 178 g/mol. The first-order valence-corrected chi connectivity index (χ1v) is 5.35. The molecular formula is C11H17NS. The molecule has 0 bridgehead atoms. The monoisotopic (exact) mass is 195 g/mol. The summed E-state index contributed by atoms with van der Waals surface area (Å²) in [6.45, 7) is 4.46. The molecule has 0 radical (unpaired) electrons. The van der Waals surface area contributed by atoms with Crippen LogP contribution in [-0.4, -0.2) is 5.88 Å². The van der Waals surface area contributed by atoms with Gasteiger partial charge in [-0.25, -0.2) is 0 Å². The molecule has 1 rings (SSSR count). The van der Waals surface area contributed by atoms with Crippen LogP contribution in [0.4, 0.5) is 5.69 Å². The SMILES string of the molecule is CCC(C)c1ccc(NCS)cc1. The molecule has 13 heavy (non-hydrogen) atoms. The lowest BCUT2D eigenvalue weighted by molar-refractivity contribution is 0.734. The van der Waals surface area contributed by atoms with E-state index in [0.29, 0.717) is 11.8 Å². The average molecular weight is 195 g/mol. The number of rotatable bonds is 4. The highest BCUT2D eigenvalue weighted by Gasteiger charge is 2.01. The first-order valence-electron chi connectivity index (χ1n) is 4.72. The van der Waals surface area contributed by atoms with Gasteiger partial charge in [-0.05, 0) is 30.0 Å². The number of hydrogen-bond acceptors (Lipinski definition) is 2. The van der Waals surface area contributed by atoms with Gasteiger partial charge >= 0.3 is 0 Å². The van der Waals surface area contributed by atoms with Crippen molar-refractivity contribution in [3.8, 4) is 0 Å². The van der Waals surface area contributed by atoms with E-state index in [2.05, 4.69) is 56.1 Å². The number of hydrogen-bond donors (Lipinski definition) is 2. The van der Waals surface area contributed by atoms with Gasteiger partial charge in [0, 0.05) is 5.69 Å². The van der Waals surface area contributed by atoms with Gasteiger partial charge in [-0.2, -0.15) is 12.6 Å². The largest absolute Gasteiger partial charge is 0.376 e. The van der Waals surface area contributed by atoms with Crippen molar-refractivity contribution in [3.05, 3.63) is 29.8 Å². The highest BCUT2D eigenvalue weighted by molar-refractivity contribution is 7.80. The molecule has 1 N–H and O–H groups in total. The van der Waals surface area contributed by atoms with Gasteiger partial charge in [-0.15, -0.1) is 0 Å². The van der Waals surface area contributed by atoms with Crippen molar-refractivity contribution in [1.29, 1.82) is 0 Å². The van der Waals surface area contributed by atoms with Crippen LogP contribution in [0.5, 0.6) is 0 Å². The minimum absolute atomic E-state index is 0.657. The van der Waals surface area contributed by atoms with E-state index in [9.17, 15) is 0 Å². The zero-order valence-corrected chi connectivity index (χ0v) is 9.14. The number of thiol groups is 1. The Morgan fingerprint density at radius 2 is 1.92 bits per heavy atom. The highest BCUT2D eigenvalue weighted by atomic mass is 32.1. The van der Waals surface area contributed by atoms with E-state index >= 15 is 0 Å². The Bertz CT molecular complexity index is 243. The first-order chi connectivity index (χ1) is 6.27. The van der Waals surface area contributed by atoms with Crippen LogP contribution in [-0.2, 0) is 0 Å². The zero-order valence-electron chi connectivity index (χ0n) is 8.25. The van der Waals surface area contributed by atoms with Crippen molar-refractivity contribution in [2.75, 3.05) is 11.2 Å². The minimum Gasteiger partial charge on any atom is -0.376 e. The summed E-state index contributed by atoms with van der Waals surface area (Å²) in [7, 11) is 0. The van der Waals surface area contributed by atoms with E-state index in [1.807, 2.05) is 0 Å². The molecule has 0 fully saturated rings. The van der Waals surface area contributed by atoms with Crippen LogP contribution in [0.2, 0.25) is 0 Å². The Morgan fingerprint density at radius 3 is 2.38 bits per heavy atom.